The van der Waals surface area contributed by atoms with Gasteiger partial charge in [-0.2, -0.15) is 10.2 Å². The largest absolute Gasteiger partial charge is 0.494 e. The number of hydrogen-bond donors (Lipinski definition) is 3. The first-order valence-electron chi connectivity index (χ1n) is 24.0. The van der Waals surface area contributed by atoms with Gasteiger partial charge in [-0.3, -0.25) is 19.0 Å². The van der Waals surface area contributed by atoms with E-state index in [1.807, 2.05) is 0 Å². The molecule has 1 aliphatic heterocycles. The summed E-state index contributed by atoms with van der Waals surface area (Å²) in [5, 5.41) is 34.2. The highest BCUT2D eigenvalue weighted by atomic mass is 35.5. The SMILES string of the molecule is COCc1nn(Cc2ccc3c(c2)CCC3)cc1C(=O)NCc1c(-n2cc(C)nn2)ccc(OC)c1F.COCc1nn(Cc2ccc3c(c2)CNC3)cc1C(=O)NCc1c(-n2cc(C)nn2)ccc(OC)c1F.Cl. The average Bonchev–Trinajstić information content (AvgIpc) is 4.28. The molecule has 0 fully saturated rings. The van der Waals surface area contributed by atoms with E-state index in [4.69, 9.17) is 18.9 Å². The highest BCUT2D eigenvalue weighted by Gasteiger charge is 2.24. The zero-order valence-electron chi connectivity index (χ0n) is 42.4. The van der Waals surface area contributed by atoms with Crippen LogP contribution in [0, 0.1) is 25.5 Å². The second-order valence-electron chi connectivity index (χ2n) is 18.0. The molecule has 392 valence electrons. The van der Waals surface area contributed by atoms with Crippen molar-refractivity contribution in [3.05, 3.63) is 175 Å². The molecule has 0 unspecified atom stereocenters. The Bertz CT molecular complexity index is 3120. The summed E-state index contributed by atoms with van der Waals surface area (Å²) in [6.45, 7) is 6.53. The number of hydrogen-bond acceptors (Lipinski definition) is 13. The van der Waals surface area contributed by atoms with E-state index in [1.54, 1.807) is 74.4 Å². The molecule has 3 N–H and O–H groups in total. The number of carbonyl (C=O) groups is 2. The predicted molar refractivity (Wildman–Crippen MR) is 274 cm³/mol. The van der Waals surface area contributed by atoms with E-state index in [2.05, 4.69) is 83.2 Å². The number of amides is 2. The normalized spacial score (nSPS) is 12.4. The standard InChI is InChI=1S/C27H29FN6O3.C26H28FN7O3.ClH/c1-17-13-34(32-30-17)24-9-10-25(37-3)26(28)21(24)12-29-27(35)22-15-33(31-23(22)16-36-2)14-18-7-8-19-5-4-6-20(19)11-18;1-16-12-34(32-30-16)23-6-7-24(37-3)25(27)20(23)11-29-26(35)21-14-33(31-22(21)15-36-2)13-17-4-5-18-9-28-10-19(18)8-17;/h7-11,13,15H,4-6,12,14,16H2,1-3H3,(H,29,35);4-8,12,14,28H,9-11,13,15H2,1-3H3,(H,29,35);1H. The molecule has 0 atom stereocenters. The summed E-state index contributed by atoms with van der Waals surface area (Å²) in [4.78, 5) is 26.5. The molecule has 0 saturated heterocycles. The Morgan fingerprint density at radius 1 is 0.613 bits per heavy atom. The topological polar surface area (TPSA) is 204 Å². The summed E-state index contributed by atoms with van der Waals surface area (Å²) < 4.78 is 57.8. The van der Waals surface area contributed by atoms with E-state index in [1.165, 1.54) is 64.4 Å². The van der Waals surface area contributed by atoms with Crippen LogP contribution < -0.4 is 25.4 Å². The first kappa shape index (κ1) is 53.4. The van der Waals surface area contributed by atoms with Crippen LogP contribution in [0.25, 0.3) is 11.4 Å². The van der Waals surface area contributed by atoms with Crippen molar-refractivity contribution in [3.8, 4) is 22.9 Å². The first-order valence-corrected chi connectivity index (χ1v) is 24.0. The number of carbonyl (C=O) groups excluding carboxylic acids is 2. The summed E-state index contributed by atoms with van der Waals surface area (Å²) in [6.07, 6.45) is 10.2. The molecule has 4 aromatic carbocycles. The summed E-state index contributed by atoms with van der Waals surface area (Å²) in [7, 11) is 5.89. The lowest BCUT2D eigenvalue weighted by Gasteiger charge is -2.14. The van der Waals surface area contributed by atoms with E-state index in [0.29, 0.717) is 58.4 Å². The lowest BCUT2D eigenvalue weighted by atomic mass is 10.1. The Morgan fingerprint density at radius 2 is 1.08 bits per heavy atom. The molecular formula is C53H58ClF2N13O6. The van der Waals surface area contributed by atoms with Gasteiger partial charge in [0.1, 0.15) is 11.4 Å². The number of ether oxygens (including phenoxy) is 4. The molecule has 4 aromatic heterocycles. The van der Waals surface area contributed by atoms with Gasteiger partial charge in [-0.05, 0) is 90.8 Å². The van der Waals surface area contributed by atoms with Crippen molar-refractivity contribution in [2.45, 2.75) is 85.6 Å². The molecule has 0 bridgehead atoms. The van der Waals surface area contributed by atoms with Crippen LogP contribution in [0.4, 0.5) is 8.78 Å². The fourth-order valence-electron chi connectivity index (χ4n) is 9.21. The number of halogens is 3. The summed E-state index contributed by atoms with van der Waals surface area (Å²) in [6, 6.07) is 19.3. The second kappa shape index (κ2) is 24.0. The summed E-state index contributed by atoms with van der Waals surface area (Å²) >= 11 is 0. The van der Waals surface area contributed by atoms with Gasteiger partial charge in [-0.25, -0.2) is 18.1 Å². The van der Waals surface area contributed by atoms with Crippen molar-refractivity contribution >= 4 is 24.2 Å². The Kier molecular flexibility index (Phi) is 17.1. The van der Waals surface area contributed by atoms with E-state index in [9.17, 15) is 9.59 Å². The lowest BCUT2D eigenvalue weighted by molar-refractivity contribution is 0.0937. The van der Waals surface area contributed by atoms with Crippen molar-refractivity contribution in [3.63, 3.8) is 0 Å². The minimum absolute atomic E-state index is 0. The first-order chi connectivity index (χ1) is 35.9. The quantitative estimate of drug-likeness (QED) is 0.0830. The molecule has 2 amide bonds. The smallest absolute Gasteiger partial charge is 0.255 e. The average molecular weight is 1050 g/mol. The Labute approximate surface area is 437 Å². The molecule has 22 heteroatoms. The molecule has 1 aliphatic carbocycles. The Morgan fingerprint density at radius 3 is 1.55 bits per heavy atom. The minimum Gasteiger partial charge on any atom is -0.494 e. The van der Waals surface area contributed by atoms with Crippen LogP contribution in [-0.4, -0.2) is 89.8 Å². The highest BCUT2D eigenvalue weighted by Crippen LogP contribution is 2.29. The van der Waals surface area contributed by atoms with Gasteiger partial charge in [0.2, 0.25) is 0 Å². The third kappa shape index (κ3) is 12.1. The third-order valence-electron chi connectivity index (χ3n) is 12.8. The van der Waals surface area contributed by atoms with E-state index < -0.39 is 11.6 Å². The molecule has 0 saturated carbocycles. The maximum absolute atomic E-state index is 15.2. The maximum Gasteiger partial charge on any atom is 0.255 e. The zero-order valence-corrected chi connectivity index (χ0v) is 43.3. The van der Waals surface area contributed by atoms with Crippen molar-refractivity contribution in [2.24, 2.45) is 0 Å². The molecule has 75 heavy (non-hydrogen) atoms. The summed E-state index contributed by atoms with van der Waals surface area (Å²) in [5.74, 6) is -1.77. The molecule has 5 heterocycles. The fraction of sp³-hybridized carbons (Fsp3) is 0.321. The monoisotopic (exact) mass is 1050 g/mol. The van der Waals surface area contributed by atoms with E-state index in [0.717, 1.165) is 37.1 Å². The molecule has 0 radical (unpaired) electrons. The van der Waals surface area contributed by atoms with Crippen LogP contribution in [-0.2, 0) is 74.8 Å². The van der Waals surface area contributed by atoms with Gasteiger partial charge in [0.25, 0.3) is 11.8 Å². The van der Waals surface area contributed by atoms with Crippen LogP contribution in [0.2, 0.25) is 0 Å². The number of rotatable bonds is 18. The Hall–Kier alpha value is -7.85. The van der Waals surface area contributed by atoms with Gasteiger partial charge in [0.15, 0.2) is 23.1 Å². The fourth-order valence-corrected chi connectivity index (χ4v) is 9.21. The number of benzene rings is 4. The molecular weight excluding hydrogens is 988 g/mol. The second-order valence-corrected chi connectivity index (χ2v) is 18.0. The number of aromatic nitrogens is 10. The number of aryl methyl sites for hydroxylation is 4. The van der Waals surface area contributed by atoms with Gasteiger partial charge in [0, 0.05) is 63.9 Å². The number of nitrogens with zero attached hydrogens (tertiary/aromatic N) is 10. The zero-order chi connectivity index (χ0) is 51.9. The van der Waals surface area contributed by atoms with Crippen LogP contribution >= 0.6 is 12.4 Å². The molecule has 10 rings (SSSR count). The highest BCUT2D eigenvalue weighted by molar-refractivity contribution is 5.95. The van der Waals surface area contributed by atoms with Crippen LogP contribution in [0.3, 0.4) is 0 Å². The molecule has 0 spiro atoms. The molecule has 2 aliphatic rings. The van der Waals surface area contributed by atoms with E-state index >= 15 is 8.78 Å². The molecule has 19 nitrogen and oxygen atoms in total. The van der Waals surface area contributed by atoms with Crippen molar-refractivity contribution in [1.82, 2.24) is 65.5 Å². The lowest BCUT2D eigenvalue weighted by Crippen LogP contribution is -2.25. The van der Waals surface area contributed by atoms with Gasteiger partial charge in [0.05, 0.1) is 86.8 Å². The van der Waals surface area contributed by atoms with Crippen LogP contribution in [0.1, 0.15) is 94.4 Å². The number of fused-ring (bicyclic) bond motifs is 2. The molecule has 8 aromatic rings. The van der Waals surface area contributed by atoms with Gasteiger partial charge in [-0.15, -0.1) is 22.6 Å². The van der Waals surface area contributed by atoms with Gasteiger partial charge in [-0.1, -0.05) is 46.8 Å². The summed E-state index contributed by atoms with van der Waals surface area (Å²) in [5.41, 5.74) is 12.1. The number of methoxy groups -OCH3 is 4. The predicted octanol–water partition coefficient (Wildman–Crippen LogP) is 6.60. The van der Waals surface area contributed by atoms with Crippen LogP contribution in [0.15, 0.2) is 85.5 Å². The van der Waals surface area contributed by atoms with Crippen molar-refractivity contribution in [1.29, 1.82) is 0 Å². The van der Waals surface area contributed by atoms with Gasteiger partial charge < -0.3 is 34.9 Å². The van der Waals surface area contributed by atoms with Crippen molar-refractivity contribution < 1.29 is 37.3 Å². The van der Waals surface area contributed by atoms with E-state index in [-0.39, 0.29) is 73.2 Å². The van der Waals surface area contributed by atoms with Crippen molar-refractivity contribution in [2.75, 3.05) is 28.4 Å². The Balaban J connectivity index is 0.000000197. The minimum atomic E-state index is -0.577. The van der Waals surface area contributed by atoms with Gasteiger partial charge >= 0.3 is 0 Å². The third-order valence-corrected chi connectivity index (χ3v) is 12.8. The van der Waals surface area contributed by atoms with Crippen LogP contribution in [0.5, 0.6) is 11.5 Å². The maximum atomic E-state index is 15.2. The number of nitrogens with one attached hydrogen (secondary N) is 3.